The molecular formula is C15H22N2S. The summed E-state index contributed by atoms with van der Waals surface area (Å²) in [7, 11) is 0. The number of aliphatic imine (C=N–C) groups is 1. The molecule has 3 heteroatoms. The first-order valence-electron chi connectivity index (χ1n) is 6.73. The van der Waals surface area contributed by atoms with Crippen LogP contribution in [0.4, 0.5) is 0 Å². The van der Waals surface area contributed by atoms with E-state index in [4.69, 9.17) is 0 Å². The van der Waals surface area contributed by atoms with Crippen LogP contribution in [0.25, 0.3) is 0 Å². The van der Waals surface area contributed by atoms with Crippen LogP contribution in [0.3, 0.4) is 0 Å². The zero-order valence-corrected chi connectivity index (χ0v) is 12.2. The van der Waals surface area contributed by atoms with Gasteiger partial charge in [0, 0.05) is 5.25 Å². The van der Waals surface area contributed by atoms with E-state index < -0.39 is 0 Å². The molecule has 1 aliphatic rings. The van der Waals surface area contributed by atoms with Crippen LogP contribution in [-0.4, -0.2) is 17.0 Å². The van der Waals surface area contributed by atoms with Gasteiger partial charge in [0.15, 0.2) is 5.17 Å². The lowest BCUT2D eigenvalue weighted by Crippen LogP contribution is -2.25. The molecule has 0 bridgehead atoms. The molecule has 18 heavy (non-hydrogen) atoms. The molecule has 0 aliphatic carbocycles. The summed E-state index contributed by atoms with van der Waals surface area (Å²) in [6.07, 6.45) is 1.08. The molecule has 0 saturated carbocycles. The van der Waals surface area contributed by atoms with Crippen LogP contribution < -0.4 is 5.32 Å². The van der Waals surface area contributed by atoms with Gasteiger partial charge in [0.05, 0.1) is 12.6 Å². The molecule has 0 fully saturated rings. The molecule has 0 radical (unpaired) electrons. The van der Waals surface area contributed by atoms with Gasteiger partial charge in [0.2, 0.25) is 0 Å². The molecule has 98 valence electrons. The van der Waals surface area contributed by atoms with E-state index in [1.165, 1.54) is 5.56 Å². The van der Waals surface area contributed by atoms with E-state index in [2.05, 4.69) is 61.4 Å². The Balaban J connectivity index is 1.96. The van der Waals surface area contributed by atoms with Crippen molar-refractivity contribution >= 4 is 16.9 Å². The van der Waals surface area contributed by atoms with Crippen molar-refractivity contribution in [2.45, 2.75) is 38.5 Å². The Labute approximate surface area is 114 Å². The number of benzene rings is 1. The van der Waals surface area contributed by atoms with Gasteiger partial charge in [-0.3, -0.25) is 4.99 Å². The van der Waals surface area contributed by atoms with E-state index in [9.17, 15) is 0 Å². The molecule has 0 aromatic heterocycles. The Morgan fingerprint density at radius 3 is 2.61 bits per heavy atom. The van der Waals surface area contributed by atoms with Crippen LogP contribution in [-0.2, 0) is 0 Å². The van der Waals surface area contributed by atoms with Gasteiger partial charge >= 0.3 is 0 Å². The summed E-state index contributed by atoms with van der Waals surface area (Å²) in [5.74, 6) is 0.690. The third-order valence-corrected chi connectivity index (χ3v) is 4.80. The Kier molecular flexibility index (Phi) is 4.70. The van der Waals surface area contributed by atoms with Crippen molar-refractivity contribution in [2.24, 2.45) is 10.9 Å². The second-order valence-corrected chi connectivity index (χ2v) is 6.29. The third-order valence-electron chi connectivity index (χ3n) is 3.33. The van der Waals surface area contributed by atoms with Gasteiger partial charge < -0.3 is 5.32 Å². The summed E-state index contributed by atoms with van der Waals surface area (Å²) < 4.78 is 0. The summed E-state index contributed by atoms with van der Waals surface area (Å²) in [6.45, 7) is 7.70. The Morgan fingerprint density at radius 1 is 1.33 bits per heavy atom. The average Bonchev–Trinajstić information content (AvgIpc) is 2.86. The van der Waals surface area contributed by atoms with Crippen LogP contribution in [0.1, 0.15) is 38.8 Å². The molecular weight excluding hydrogens is 240 g/mol. The maximum Gasteiger partial charge on any atom is 0.157 e. The minimum absolute atomic E-state index is 0.378. The number of rotatable bonds is 4. The highest BCUT2D eigenvalue weighted by Gasteiger charge is 2.23. The van der Waals surface area contributed by atoms with Crippen LogP contribution in [0.15, 0.2) is 35.3 Å². The molecule has 1 aliphatic heterocycles. The Bertz CT molecular complexity index is 400. The quantitative estimate of drug-likeness (QED) is 0.891. The van der Waals surface area contributed by atoms with E-state index in [0.29, 0.717) is 17.2 Å². The van der Waals surface area contributed by atoms with Crippen LogP contribution in [0.5, 0.6) is 0 Å². The second kappa shape index (κ2) is 6.28. The molecule has 1 aromatic carbocycles. The van der Waals surface area contributed by atoms with E-state index in [1.54, 1.807) is 0 Å². The molecule has 2 unspecified atom stereocenters. The molecule has 2 atom stereocenters. The highest BCUT2D eigenvalue weighted by molar-refractivity contribution is 8.14. The van der Waals surface area contributed by atoms with E-state index in [-0.39, 0.29) is 0 Å². The number of thioether (sulfide) groups is 1. The molecule has 1 aromatic rings. The topological polar surface area (TPSA) is 24.4 Å². The Hall–Kier alpha value is -0.960. The van der Waals surface area contributed by atoms with Crippen LogP contribution in [0.2, 0.25) is 0 Å². The van der Waals surface area contributed by atoms with Crippen molar-refractivity contribution in [1.82, 2.24) is 5.32 Å². The van der Waals surface area contributed by atoms with Gasteiger partial charge in [-0.25, -0.2) is 0 Å². The second-order valence-electron chi connectivity index (χ2n) is 5.06. The fourth-order valence-corrected chi connectivity index (χ4v) is 3.14. The smallest absolute Gasteiger partial charge is 0.157 e. The van der Waals surface area contributed by atoms with E-state index in [0.717, 1.165) is 18.1 Å². The molecule has 1 N–H and O–H groups in total. The minimum Gasteiger partial charge on any atom is -0.358 e. The van der Waals surface area contributed by atoms with Gasteiger partial charge in [-0.15, -0.1) is 0 Å². The van der Waals surface area contributed by atoms with E-state index in [1.807, 2.05) is 11.8 Å². The predicted molar refractivity (Wildman–Crippen MR) is 81.1 cm³/mol. The zero-order chi connectivity index (χ0) is 13.0. The van der Waals surface area contributed by atoms with Crippen LogP contribution in [0, 0.1) is 5.92 Å². The lowest BCUT2D eigenvalue weighted by atomic mass is 10.1. The molecule has 2 rings (SSSR count). The van der Waals surface area contributed by atoms with Crippen molar-refractivity contribution in [1.29, 1.82) is 0 Å². The van der Waals surface area contributed by atoms with Gasteiger partial charge in [0.1, 0.15) is 0 Å². The minimum atomic E-state index is 0.378. The summed E-state index contributed by atoms with van der Waals surface area (Å²) in [5, 5.41) is 5.33. The fourth-order valence-electron chi connectivity index (χ4n) is 2.07. The molecule has 2 nitrogen and oxygen atoms in total. The molecule has 0 saturated heterocycles. The summed E-state index contributed by atoms with van der Waals surface area (Å²) in [6, 6.07) is 11.0. The predicted octanol–water partition coefficient (Wildman–Crippen LogP) is 3.85. The lowest BCUT2D eigenvalue weighted by Gasteiger charge is -2.19. The Morgan fingerprint density at radius 2 is 2.06 bits per heavy atom. The number of hydrogen-bond acceptors (Lipinski definition) is 3. The van der Waals surface area contributed by atoms with Crippen molar-refractivity contribution < 1.29 is 0 Å². The number of nitrogens with one attached hydrogen (secondary N) is 1. The summed E-state index contributed by atoms with van der Waals surface area (Å²) in [5.41, 5.74) is 1.34. The van der Waals surface area contributed by atoms with E-state index >= 15 is 0 Å². The fraction of sp³-hybridized carbons (Fsp3) is 0.533. The maximum atomic E-state index is 4.62. The van der Waals surface area contributed by atoms with Crippen molar-refractivity contribution in [2.75, 3.05) is 6.54 Å². The molecule has 0 spiro atoms. The standard InChI is InChI=1S/C15H22N2S/c1-4-13(12-8-6-5-7-9-12)17-15-16-10-14(18-15)11(2)3/h5-9,11,13-14H,4,10H2,1-3H3,(H,16,17). The van der Waals surface area contributed by atoms with Gasteiger partial charge in [0.25, 0.3) is 0 Å². The average molecular weight is 262 g/mol. The van der Waals surface area contributed by atoms with Gasteiger partial charge in [-0.05, 0) is 17.9 Å². The van der Waals surface area contributed by atoms with Gasteiger partial charge in [-0.1, -0.05) is 62.9 Å². The summed E-state index contributed by atoms with van der Waals surface area (Å²) in [4.78, 5) is 4.62. The lowest BCUT2D eigenvalue weighted by molar-refractivity contribution is 0.618. The third kappa shape index (κ3) is 3.29. The maximum absolute atomic E-state index is 4.62. The van der Waals surface area contributed by atoms with Crippen molar-refractivity contribution in [3.63, 3.8) is 0 Å². The SMILES string of the molecule is CCC(NC1=NCC(C(C)C)S1)c1ccccc1. The van der Waals surface area contributed by atoms with Crippen molar-refractivity contribution in [3.05, 3.63) is 35.9 Å². The largest absolute Gasteiger partial charge is 0.358 e. The monoisotopic (exact) mass is 262 g/mol. The first kappa shape index (κ1) is 13.5. The number of amidine groups is 1. The van der Waals surface area contributed by atoms with Gasteiger partial charge in [-0.2, -0.15) is 0 Å². The van der Waals surface area contributed by atoms with Crippen molar-refractivity contribution in [3.8, 4) is 0 Å². The highest BCUT2D eigenvalue weighted by atomic mass is 32.2. The molecule has 1 heterocycles. The first-order chi connectivity index (χ1) is 8.70. The van der Waals surface area contributed by atoms with Crippen LogP contribution >= 0.6 is 11.8 Å². The normalized spacial score (nSPS) is 20.9. The molecule has 0 amide bonds. The zero-order valence-electron chi connectivity index (χ0n) is 11.4. The summed E-state index contributed by atoms with van der Waals surface area (Å²) >= 11 is 1.90. The first-order valence-corrected chi connectivity index (χ1v) is 7.61. The highest BCUT2D eigenvalue weighted by Crippen LogP contribution is 2.28. The number of hydrogen-bond donors (Lipinski definition) is 1. The number of nitrogens with zero attached hydrogens (tertiary/aromatic N) is 1.